The maximum absolute atomic E-state index is 9.87. The smallest absolute Gasteiger partial charge is 0.229 e. The van der Waals surface area contributed by atoms with Gasteiger partial charge in [0.15, 0.2) is 5.58 Å². The fourth-order valence-corrected chi connectivity index (χ4v) is 2.66. The molecule has 0 unspecified atom stereocenters. The number of hydrogen-bond acceptors (Lipinski definition) is 4. The Labute approximate surface area is 145 Å². The Morgan fingerprint density at radius 3 is 2.68 bits per heavy atom. The quantitative estimate of drug-likeness (QED) is 0.522. The van der Waals surface area contributed by atoms with Crippen molar-refractivity contribution >= 4 is 23.0 Å². The van der Waals surface area contributed by atoms with Gasteiger partial charge in [-0.25, -0.2) is 4.98 Å². The summed E-state index contributed by atoms with van der Waals surface area (Å²) in [5, 5.41) is 9.87. The predicted octanol–water partition coefficient (Wildman–Crippen LogP) is 5.26. The van der Waals surface area contributed by atoms with Crippen molar-refractivity contribution in [1.29, 1.82) is 0 Å². The number of aryl methyl sites for hydroxylation is 1. The molecule has 4 heteroatoms. The van der Waals surface area contributed by atoms with E-state index >= 15 is 0 Å². The molecule has 0 amide bonds. The lowest BCUT2D eigenvalue weighted by atomic mass is 10.1. The largest absolute Gasteiger partial charge is 0.507 e. The molecule has 0 saturated carbocycles. The van der Waals surface area contributed by atoms with E-state index in [-0.39, 0.29) is 5.75 Å². The fourth-order valence-electron chi connectivity index (χ4n) is 2.66. The van der Waals surface area contributed by atoms with Crippen LogP contribution in [0.4, 0.5) is 5.69 Å². The van der Waals surface area contributed by atoms with Crippen molar-refractivity contribution in [2.75, 3.05) is 0 Å². The lowest BCUT2D eigenvalue weighted by Crippen LogP contribution is -1.83. The molecule has 0 bridgehead atoms. The first-order chi connectivity index (χ1) is 12.2. The van der Waals surface area contributed by atoms with Gasteiger partial charge in [0.05, 0.1) is 11.3 Å². The van der Waals surface area contributed by atoms with Gasteiger partial charge < -0.3 is 9.52 Å². The first-order valence-corrected chi connectivity index (χ1v) is 7.99. The number of rotatable bonds is 3. The van der Waals surface area contributed by atoms with Gasteiger partial charge in [-0.1, -0.05) is 30.3 Å². The molecule has 0 aliphatic heterocycles. The Morgan fingerprint density at radius 1 is 1.00 bits per heavy atom. The molecule has 0 spiro atoms. The van der Waals surface area contributed by atoms with Gasteiger partial charge >= 0.3 is 0 Å². The summed E-state index contributed by atoms with van der Waals surface area (Å²) in [6, 6.07) is 20.7. The second kappa shape index (κ2) is 6.24. The number of fused-ring (bicyclic) bond motifs is 1. The highest BCUT2D eigenvalue weighted by atomic mass is 16.3. The van der Waals surface area contributed by atoms with E-state index < -0.39 is 0 Å². The van der Waals surface area contributed by atoms with Gasteiger partial charge in [-0.15, -0.1) is 0 Å². The topological polar surface area (TPSA) is 58.6 Å². The number of aromatic nitrogens is 1. The van der Waals surface area contributed by atoms with E-state index in [0.29, 0.717) is 11.5 Å². The number of aliphatic imine (C=N–C) groups is 1. The molecule has 122 valence electrons. The molecule has 1 N–H and O–H groups in total. The summed E-state index contributed by atoms with van der Waals surface area (Å²) in [6.45, 7) is 2.03. The molecule has 0 saturated heterocycles. The second-order valence-corrected chi connectivity index (χ2v) is 5.82. The number of oxazole rings is 1. The molecule has 1 aromatic heterocycles. The zero-order valence-corrected chi connectivity index (χ0v) is 13.7. The number of para-hydroxylation sites is 2. The van der Waals surface area contributed by atoms with Crippen LogP contribution in [0.5, 0.6) is 5.75 Å². The Hall–Kier alpha value is -3.40. The zero-order valence-electron chi connectivity index (χ0n) is 13.7. The van der Waals surface area contributed by atoms with Crippen LogP contribution in [0, 0.1) is 6.92 Å². The average Bonchev–Trinajstić information content (AvgIpc) is 3.04. The molecule has 0 atom stereocenters. The summed E-state index contributed by atoms with van der Waals surface area (Å²) < 4.78 is 5.89. The van der Waals surface area contributed by atoms with Crippen molar-refractivity contribution in [3.8, 4) is 17.2 Å². The van der Waals surface area contributed by atoms with Crippen LogP contribution in [-0.2, 0) is 0 Å². The van der Waals surface area contributed by atoms with Crippen molar-refractivity contribution in [1.82, 2.24) is 4.98 Å². The van der Waals surface area contributed by atoms with Crippen LogP contribution >= 0.6 is 0 Å². The molecular formula is C21H16N2O2. The van der Waals surface area contributed by atoms with Gasteiger partial charge in [0, 0.05) is 11.8 Å². The Bertz CT molecular complexity index is 1080. The highest BCUT2D eigenvalue weighted by molar-refractivity contribution is 5.88. The van der Waals surface area contributed by atoms with Gasteiger partial charge in [-0.2, -0.15) is 0 Å². The highest BCUT2D eigenvalue weighted by Gasteiger charge is 2.11. The summed E-state index contributed by atoms with van der Waals surface area (Å²) in [5.74, 6) is 0.728. The standard InChI is InChI=1S/C21H16N2O2/c1-14-10-11-20-18(12-14)23-21(25-20)16-7-3-4-8-17(16)22-13-15-6-2-5-9-19(15)24/h2-13,24H,1H3. The Balaban J connectivity index is 1.77. The molecule has 3 aromatic carbocycles. The average molecular weight is 328 g/mol. The van der Waals surface area contributed by atoms with Crippen LogP contribution in [0.25, 0.3) is 22.6 Å². The third-order valence-electron chi connectivity index (χ3n) is 3.96. The summed E-state index contributed by atoms with van der Waals surface area (Å²) in [5.41, 5.74) is 4.91. The molecule has 0 aliphatic rings. The van der Waals surface area contributed by atoms with Crippen LogP contribution < -0.4 is 0 Å². The van der Waals surface area contributed by atoms with Crippen molar-refractivity contribution in [3.63, 3.8) is 0 Å². The molecule has 4 aromatic rings. The molecular weight excluding hydrogens is 312 g/mol. The minimum Gasteiger partial charge on any atom is -0.507 e. The minimum absolute atomic E-state index is 0.195. The van der Waals surface area contributed by atoms with E-state index in [2.05, 4.69) is 9.98 Å². The maximum Gasteiger partial charge on any atom is 0.229 e. The summed E-state index contributed by atoms with van der Waals surface area (Å²) in [7, 11) is 0. The Kier molecular flexibility index (Phi) is 3.78. The van der Waals surface area contributed by atoms with Crippen molar-refractivity contribution in [3.05, 3.63) is 77.9 Å². The zero-order chi connectivity index (χ0) is 17.2. The molecule has 0 fully saturated rings. The van der Waals surface area contributed by atoms with Crippen molar-refractivity contribution < 1.29 is 9.52 Å². The van der Waals surface area contributed by atoms with Crippen LogP contribution in [-0.4, -0.2) is 16.3 Å². The number of hydrogen-bond donors (Lipinski definition) is 1. The normalized spacial score (nSPS) is 11.4. The SMILES string of the molecule is Cc1ccc2oc(-c3ccccc3N=Cc3ccccc3O)nc2c1. The molecule has 4 rings (SSSR count). The predicted molar refractivity (Wildman–Crippen MR) is 99.5 cm³/mol. The molecule has 0 aliphatic carbocycles. The first-order valence-electron chi connectivity index (χ1n) is 7.99. The lowest BCUT2D eigenvalue weighted by molar-refractivity contribution is 0.474. The van der Waals surface area contributed by atoms with Gasteiger partial charge in [0.2, 0.25) is 5.89 Å². The third kappa shape index (κ3) is 3.02. The maximum atomic E-state index is 9.87. The molecule has 1 heterocycles. The third-order valence-corrected chi connectivity index (χ3v) is 3.96. The van der Waals surface area contributed by atoms with Crippen molar-refractivity contribution in [2.24, 2.45) is 4.99 Å². The summed E-state index contributed by atoms with van der Waals surface area (Å²) in [4.78, 5) is 9.10. The molecule has 4 nitrogen and oxygen atoms in total. The van der Waals surface area contributed by atoms with Crippen LogP contribution in [0.15, 0.2) is 76.1 Å². The Morgan fingerprint density at radius 2 is 1.80 bits per heavy atom. The molecule has 0 radical (unpaired) electrons. The first kappa shape index (κ1) is 15.1. The van der Waals surface area contributed by atoms with E-state index in [4.69, 9.17) is 4.42 Å². The van der Waals surface area contributed by atoms with E-state index in [1.807, 2.05) is 61.5 Å². The number of aromatic hydroxyl groups is 1. The van der Waals surface area contributed by atoms with E-state index in [9.17, 15) is 5.11 Å². The van der Waals surface area contributed by atoms with Gasteiger partial charge in [0.1, 0.15) is 11.3 Å². The van der Waals surface area contributed by atoms with Crippen LogP contribution in [0.3, 0.4) is 0 Å². The number of benzene rings is 3. The molecule has 25 heavy (non-hydrogen) atoms. The fraction of sp³-hybridized carbons (Fsp3) is 0.0476. The van der Waals surface area contributed by atoms with Crippen molar-refractivity contribution in [2.45, 2.75) is 6.92 Å². The number of phenols is 1. The van der Waals surface area contributed by atoms with Gasteiger partial charge in [0.25, 0.3) is 0 Å². The lowest BCUT2D eigenvalue weighted by Gasteiger charge is -2.01. The van der Waals surface area contributed by atoms with E-state index in [1.54, 1.807) is 18.3 Å². The summed E-state index contributed by atoms with van der Waals surface area (Å²) in [6.07, 6.45) is 1.64. The second-order valence-electron chi connectivity index (χ2n) is 5.82. The van der Waals surface area contributed by atoms with Crippen LogP contribution in [0.1, 0.15) is 11.1 Å². The van der Waals surface area contributed by atoms with E-state index in [1.165, 1.54) is 0 Å². The van der Waals surface area contributed by atoms with Gasteiger partial charge in [-0.05, 0) is 48.9 Å². The monoisotopic (exact) mass is 328 g/mol. The minimum atomic E-state index is 0.195. The van der Waals surface area contributed by atoms with E-state index in [0.717, 1.165) is 27.9 Å². The van der Waals surface area contributed by atoms with Crippen LogP contribution in [0.2, 0.25) is 0 Å². The highest BCUT2D eigenvalue weighted by Crippen LogP contribution is 2.32. The number of phenolic OH excluding ortho intramolecular Hbond substituents is 1. The summed E-state index contributed by atoms with van der Waals surface area (Å²) >= 11 is 0. The van der Waals surface area contributed by atoms with Gasteiger partial charge in [-0.3, -0.25) is 4.99 Å². The number of nitrogens with zero attached hydrogens (tertiary/aromatic N) is 2.